The van der Waals surface area contributed by atoms with Crippen LogP contribution in [0.5, 0.6) is 0 Å². The van der Waals surface area contributed by atoms with Crippen molar-refractivity contribution in [1.29, 1.82) is 0 Å². The number of fused-ring (bicyclic) bond motifs is 1. The molecule has 0 fully saturated rings. The molecule has 0 unspecified atom stereocenters. The highest BCUT2D eigenvalue weighted by atomic mass is 32.1. The van der Waals surface area contributed by atoms with E-state index in [9.17, 15) is 0 Å². The molecule has 2 aromatic carbocycles. The summed E-state index contributed by atoms with van der Waals surface area (Å²) in [5, 5.41) is 1.11. The van der Waals surface area contributed by atoms with Crippen molar-refractivity contribution in [3.63, 3.8) is 0 Å². The minimum atomic E-state index is 0.311. The van der Waals surface area contributed by atoms with Gasteiger partial charge in [-0.15, -0.1) is 11.3 Å². The molecule has 2 heteroatoms. The zero-order chi connectivity index (χ0) is 14.2. The second kappa shape index (κ2) is 5.02. The summed E-state index contributed by atoms with van der Waals surface area (Å²) in [5.41, 5.74) is 4.00. The van der Waals surface area contributed by atoms with Gasteiger partial charge in [0.15, 0.2) is 0 Å². The SMILES string of the molecule is CC(C)(C)Cc1ccc2sc(-c3ccccc3)nc2c1. The van der Waals surface area contributed by atoms with E-state index in [0.717, 1.165) is 16.9 Å². The van der Waals surface area contributed by atoms with Crippen LogP contribution < -0.4 is 0 Å². The van der Waals surface area contributed by atoms with Crippen LogP contribution in [0.25, 0.3) is 20.8 Å². The number of hydrogen-bond donors (Lipinski definition) is 0. The molecule has 0 aliphatic carbocycles. The number of benzene rings is 2. The molecular formula is C18H19NS. The Morgan fingerprint density at radius 1 is 1.00 bits per heavy atom. The van der Waals surface area contributed by atoms with Crippen molar-refractivity contribution in [2.75, 3.05) is 0 Å². The van der Waals surface area contributed by atoms with Gasteiger partial charge in [0.2, 0.25) is 0 Å². The molecule has 0 spiro atoms. The first kappa shape index (κ1) is 13.3. The summed E-state index contributed by atoms with van der Waals surface area (Å²) in [6.07, 6.45) is 1.08. The summed E-state index contributed by atoms with van der Waals surface area (Å²) >= 11 is 1.77. The summed E-state index contributed by atoms with van der Waals surface area (Å²) in [7, 11) is 0. The number of thiazole rings is 1. The number of nitrogens with zero attached hydrogens (tertiary/aromatic N) is 1. The second-order valence-corrected chi connectivity index (χ2v) is 7.46. The van der Waals surface area contributed by atoms with Crippen molar-refractivity contribution in [2.24, 2.45) is 5.41 Å². The lowest BCUT2D eigenvalue weighted by atomic mass is 9.88. The van der Waals surface area contributed by atoms with E-state index in [1.165, 1.54) is 15.8 Å². The van der Waals surface area contributed by atoms with E-state index in [2.05, 4.69) is 63.2 Å². The fourth-order valence-corrected chi connectivity index (χ4v) is 3.35. The van der Waals surface area contributed by atoms with Crippen molar-refractivity contribution in [3.05, 3.63) is 54.1 Å². The van der Waals surface area contributed by atoms with E-state index < -0.39 is 0 Å². The van der Waals surface area contributed by atoms with Crippen LogP contribution in [0.4, 0.5) is 0 Å². The normalized spacial score (nSPS) is 11.9. The summed E-state index contributed by atoms with van der Waals surface area (Å²) in [6.45, 7) is 6.81. The number of rotatable bonds is 2. The Morgan fingerprint density at radius 2 is 1.75 bits per heavy atom. The molecular weight excluding hydrogens is 262 g/mol. The van der Waals surface area contributed by atoms with E-state index in [-0.39, 0.29) is 0 Å². The third kappa shape index (κ3) is 2.91. The summed E-state index contributed by atoms with van der Waals surface area (Å²) in [6, 6.07) is 17.1. The molecule has 20 heavy (non-hydrogen) atoms. The predicted octanol–water partition coefficient (Wildman–Crippen LogP) is 5.55. The van der Waals surface area contributed by atoms with Crippen molar-refractivity contribution >= 4 is 21.6 Å². The Kier molecular flexibility index (Phi) is 3.35. The first-order valence-corrected chi connectivity index (χ1v) is 7.78. The second-order valence-electron chi connectivity index (χ2n) is 6.42. The van der Waals surface area contributed by atoms with Crippen LogP contribution in [0.1, 0.15) is 26.3 Å². The van der Waals surface area contributed by atoms with Crippen LogP contribution in [0.15, 0.2) is 48.5 Å². The maximum absolute atomic E-state index is 4.79. The van der Waals surface area contributed by atoms with Crippen LogP contribution in [0.3, 0.4) is 0 Å². The van der Waals surface area contributed by atoms with Gasteiger partial charge in [0.25, 0.3) is 0 Å². The van der Waals surface area contributed by atoms with E-state index >= 15 is 0 Å². The quantitative estimate of drug-likeness (QED) is 0.600. The minimum absolute atomic E-state index is 0.311. The van der Waals surface area contributed by atoms with Crippen LogP contribution in [-0.4, -0.2) is 4.98 Å². The van der Waals surface area contributed by atoms with Gasteiger partial charge in [0.05, 0.1) is 10.2 Å². The first-order chi connectivity index (χ1) is 9.51. The Balaban J connectivity index is 2.00. The van der Waals surface area contributed by atoms with E-state index in [0.29, 0.717) is 5.41 Å². The van der Waals surface area contributed by atoms with Gasteiger partial charge in [-0.1, -0.05) is 57.2 Å². The van der Waals surface area contributed by atoms with Gasteiger partial charge in [-0.3, -0.25) is 0 Å². The minimum Gasteiger partial charge on any atom is -0.236 e. The zero-order valence-electron chi connectivity index (χ0n) is 12.2. The Labute approximate surface area is 124 Å². The molecule has 1 aromatic heterocycles. The highest BCUT2D eigenvalue weighted by Gasteiger charge is 2.13. The fourth-order valence-electron chi connectivity index (χ4n) is 2.40. The molecule has 1 heterocycles. The highest BCUT2D eigenvalue weighted by molar-refractivity contribution is 7.21. The van der Waals surface area contributed by atoms with Crippen molar-refractivity contribution in [3.8, 4) is 10.6 Å². The highest BCUT2D eigenvalue weighted by Crippen LogP contribution is 2.31. The maximum atomic E-state index is 4.79. The monoisotopic (exact) mass is 281 g/mol. The first-order valence-electron chi connectivity index (χ1n) is 6.96. The number of hydrogen-bond acceptors (Lipinski definition) is 2. The lowest BCUT2D eigenvalue weighted by molar-refractivity contribution is 0.411. The van der Waals surface area contributed by atoms with Crippen LogP contribution in [0, 0.1) is 5.41 Å². The average Bonchev–Trinajstić information content (AvgIpc) is 2.81. The van der Waals surface area contributed by atoms with Gasteiger partial charge < -0.3 is 0 Å². The Bertz CT molecular complexity index is 720. The topological polar surface area (TPSA) is 12.9 Å². The molecule has 0 N–H and O–H groups in total. The molecule has 0 amide bonds. The molecule has 0 saturated heterocycles. The lowest BCUT2D eigenvalue weighted by Crippen LogP contribution is -2.08. The molecule has 0 bridgehead atoms. The summed E-state index contributed by atoms with van der Waals surface area (Å²) < 4.78 is 1.27. The molecule has 0 saturated carbocycles. The maximum Gasteiger partial charge on any atom is 0.124 e. The van der Waals surface area contributed by atoms with Gasteiger partial charge in [0.1, 0.15) is 5.01 Å². The predicted molar refractivity (Wildman–Crippen MR) is 88.2 cm³/mol. The fraction of sp³-hybridized carbons (Fsp3) is 0.278. The van der Waals surface area contributed by atoms with Crippen molar-refractivity contribution < 1.29 is 0 Å². The van der Waals surface area contributed by atoms with Crippen LogP contribution >= 0.6 is 11.3 Å². The Morgan fingerprint density at radius 3 is 2.45 bits per heavy atom. The van der Waals surface area contributed by atoms with E-state index in [4.69, 9.17) is 4.98 Å². The van der Waals surface area contributed by atoms with E-state index in [1.54, 1.807) is 11.3 Å². The largest absolute Gasteiger partial charge is 0.236 e. The van der Waals surface area contributed by atoms with Gasteiger partial charge in [-0.2, -0.15) is 0 Å². The third-order valence-corrected chi connectivity index (χ3v) is 4.29. The molecule has 1 nitrogen and oxygen atoms in total. The van der Waals surface area contributed by atoms with Gasteiger partial charge in [0, 0.05) is 5.56 Å². The molecule has 3 aromatic rings. The van der Waals surface area contributed by atoms with Gasteiger partial charge >= 0.3 is 0 Å². The third-order valence-electron chi connectivity index (χ3n) is 3.21. The molecule has 0 aliphatic heterocycles. The molecule has 102 valence electrons. The van der Waals surface area contributed by atoms with Gasteiger partial charge in [-0.25, -0.2) is 4.98 Å². The standard InChI is InChI=1S/C18H19NS/c1-18(2,3)12-13-9-10-16-15(11-13)19-17(20-16)14-7-5-4-6-8-14/h4-11H,12H2,1-3H3. The smallest absolute Gasteiger partial charge is 0.124 e. The number of aromatic nitrogens is 1. The zero-order valence-corrected chi connectivity index (χ0v) is 13.0. The van der Waals surface area contributed by atoms with Crippen molar-refractivity contribution in [1.82, 2.24) is 4.98 Å². The van der Waals surface area contributed by atoms with Crippen LogP contribution in [0.2, 0.25) is 0 Å². The molecule has 0 radical (unpaired) electrons. The van der Waals surface area contributed by atoms with Gasteiger partial charge in [-0.05, 0) is 29.5 Å². The Hall–Kier alpha value is -1.67. The van der Waals surface area contributed by atoms with Crippen molar-refractivity contribution in [2.45, 2.75) is 27.2 Å². The summed E-state index contributed by atoms with van der Waals surface area (Å²) in [4.78, 5) is 4.79. The molecule has 0 atom stereocenters. The summed E-state index contributed by atoms with van der Waals surface area (Å²) in [5.74, 6) is 0. The average molecular weight is 281 g/mol. The lowest BCUT2D eigenvalue weighted by Gasteiger charge is -2.17. The molecule has 0 aliphatic rings. The van der Waals surface area contributed by atoms with Crippen LogP contribution in [-0.2, 0) is 6.42 Å². The molecule has 3 rings (SSSR count). The van der Waals surface area contributed by atoms with E-state index in [1.807, 2.05) is 6.07 Å².